The molecular weight excluding hydrogens is 191 g/mol. The van der Waals surface area contributed by atoms with Crippen molar-refractivity contribution < 1.29 is 4.39 Å². The Morgan fingerprint density at radius 1 is 1.27 bits per heavy atom. The molecule has 1 aromatic rings. The lowest BCUT2D eigenvalue weighted by atomic mass is 9.91. The first-order valence-electron chi connectivity index (χ1n) is 5.37. The number of hydrogen-bond acceptors (Lipinski definition) is 2. The third-order valence-corrected chi connectivity index (χ3v) is 3.10. The van der Waals surface area contributed by atoms with Gasteiger partial charge in [-0.15, -0.1) is 0 Å². The van der Waals surface area contributed by atoms with Crippen LogP contribution in [-0.2, 0) is 0 Å². The standard InChI is InChI=1S/C12H17FN2/c1-12(14)6-8-15(9-7-12)11-5-3-2-4-10(11)13/h2-5H,6-9,14H2,1H3. The van der Waals surface area contributed by atoms with Gasteiger partial charge in [0, 0.05) is 18.6 Å². The second-order valence-corrected chi connectivity index (χ2v) is 4.59. The highest BCUT2D eigenvalue weighted by molar-refractivity contribution is 5.48. The number of hydrogen-bond donors (Lipinski definition) is 1. The molecule has 82 valence electrons. The number of para-hydroxylation sites is 1. The predicted octanol–water partition coefficient (Wildman–Crippen LogP) is 2.14. The summed E-state index contributed by atoms with van der Waals surface area (Å²) in [5, 5.41) is 0. The molecule has 0 unspecified atom stereocenters. The molecule has 0 atom stereocenters. The lowest BCUT2D eigenvalue weighted by molar-refractivity contribution is 0.362. The molecule has 0 bridgehead atoms. The van der Waals surface area contributed by atoms with Crippen LogP contribution >= 0.6 is 0 Å². The van der Waals surface area contributed by atoms with Crippen molar-refractivity contribution in [2.45, 2.75) is 25.3 Å². The molecule has 0 saturated carbocycles. The van der Waals surface area contributed by atoms with Crippen molar-refractivity contribution in [2.24, 2.45) is 5.73 Å². The smallest absolute Gasteiger partial charge is 0.146 e. The van der Waals surface area contributed by atoms with Crippen LogP contribution in [0, 0.1) is 5.82 Å². The Hall–Kier alpha value is -1.09. The van der Waals surface area contributed by atoms with E-state index in [1.807, 2.05) is 12.1 Å². The van der Waals surface area contributed by atoms with Crippen molar-refractivity contribution in [3.05, 3.63) is 30.1 Å². The molecule has 15 heavy (non-hydrogen) atoms. The molecular formula is C12H17FN2. The SMILES string of the molecule is CC1(N)CCN(c2ccccc2F)CC1. The number of piperidine rings is 1. The first-order valence-corrected chi connectivity index (χ1v) is 5.37. The van der Waals surface area contributed by atoms with E-state index in [-0.39, 0.29) is 11.4 Å². The van der Waals surface area contributed by atoms with Crippen LogP contribution in [0.25, 0.3) is 0 Å². The highest BCUT2D eigenvalue weighted by Crippen LogP contribution is 2.25. The Morgan fingerprint density at radius 2 is 1.87 bits per heavy atom. The largest absolute Gasteiger partial charge is 0.369 e. The molecule has 1 heterocycles. The van der Waals surface area contributed by atoms with Gasteiger partial charge in [0.15, 0.2) is 0 Å². The first-order chi connectivity index (χ1) is 7.08. The van der Waals surface area contributed by atoms with Crippen molar-refractivity contribution in [1.29, 1.82) is 0 Å². The number of anilines is 1. The molecule has 0 spiro atoms. The van der Waals surface area contributed by atoms with E-state index >= 15 is 0 Å². The van der Waals surface area contributed by atoms with E-state index in [4.69, 9.17) is 5.73 Å². The third-order valence-electron chi connectivity index (χ3n) is 3.10. The average Bonchev–Trinajstić information content (AvgIpc) is 2.19. The molecule has 3 heteroatoms. The second-order valence-electron chi connectivity index (χ2n) is 4.59. The monoisotopic (exact) mass is 208 g/mol. The highest BCUT2D eigenvalue weighted by Gasteiger charge is 2.26. The van der Waals surface area contributed by atoms with Gasteiger partial charge in [-0.1, -0.05) is 12.1 Å². The third kappa shape index (κ3) is 2.29. The molecule has 1 fully saturated rings. The molecule has 1 saturated heterocycles. The molecule has 1 aromatic carbocycles. The molecule has 2 rings (SSSR count). The van der Waals surface area contributed by atoms with Gasteiger partial charge in [-0.3, -0.25) is 0 Å². The summed E-state index contributed by atoms with van der Waals surface area (Å²) in [5.74, 6) is -0.141. The number of nitrogens with two attached hydrogens (primary N) is 1. The van der Waals surface area contributed by atoms with E-state index in [9.17, 15) is 4.39 Å². The summed E-state index contributed by atoms with van der Waals surface area (Å²) in [6.45, 7) is 3.74. The Kier molecular flexibility index (Phi) is 2.65. The average molecular weight is 208 g/mol. The zero-order chi connectivity index (χ0) is 10.9. The van der Waals surface area contributed by atoms with Crippen molar-refractivity contribution in [2.75, 3.05) is 18.0 Å². The Balaban J connectivity index is 2.11. The summed E-state index contributed by atoms with van der Waals surface area (Å²) < 4.78 is 13.5. The molecule has 0 aliphatic carbocycles. The van der Waals surface area contributed by atoms with Crippen molar-refractivity contribution in [1.82, 2.24) is 0 Å². The zero-order valence-electron chi connectivity index (χ0n) is 9.04. The molecule has 1 aliphatic heterocycles. The van der Waals surface area contributed by atoms with Crippen molar-refractivity contribution in [3.8, 4) is 0 Å². The summed E-state index contributed by atoms with van der Waals surface area (Å²) in [6.07, 6.45) is 1.84. The summed E-state index contributed by atoms with van der Waals surface area (Å²) >= 11 is 0. The molecule has 0 aromatic heterocycles. The zero-order valence-corrected chi connectivity index (χ0v) is 9.04. The van der Waals surface area contributed by atoms with Gasteiger partial charge in [0.2, 0.25) is 0 Å². The van der Waals surface area contributed by atoms with Crippen LogP contribution < -0.4 is 10.6 Å². The van der Waals surface area contributed by atoms with E-state index in [0.717, 1.165) is 25.9 Å². The van der Waals surface area contributed by atoms with Gasteiger partial charge in [0.25, 0.3) is 0 Å². The van der Waals surface area contributed by atoms with Gasteiger partial charge in [-0.25, -0.2) is 4.39 Å². The number of benzene rings is 1. The molecule has 0 amide bonds. The van der Waals surface area contributed by atoms with Crippen molar-refractivity contribution in [3.63, 3.8) is 0 Å². The fourth-order valence-electron chi connectivity index (χ4n) is 1.97. The Bertz CT molecular complexity index is 339. The second kappa shape index (κ2) is 3.81. The summed E-state index contributed by atoms with van der Waals surface area (Å²) in [5.41, 5.74) is 6.66. The first kappa shape index (κ1) is 10.4. The quantitative estimate of drug-likeness (QED) is 0.766. The maximum absolute atomic E-state index is 13.5. The molecule has 2 N–H and O–H groups in total. The van der Waals surface area contributed by atoms with Gasteiger partial charge in [0.1, 0.15) is 5.82 Å². The number of rotatable bonds is 1. The van der Waals surface area contributed by atoms with Crippen LogP contribution in [-0.4, -0.2) is 18.6 Å². The summed E-state index contributed by atoms with van der Waals surface area (Å²) in [4.78, 5) is 2.07. The van der Waals surface area contributed by atoms with E-state index in [0.29, 0.717) is 5.69 Å². The van der Waals surface area contributed by atoms with Gasteiger partial charge < -0.3 is 10.6 Å². The van der Waals surface area contributed by atoms with Gasteiger partial charge in [-0.2, -0.15) is 0 Å². The lowest BCUT2D eigenvalue weighted by Crippen LogP contribution is -2.48. The highest BCUT2D eigenvalue weighted by atomic mass is 19.1. The minimum atomic E-state index is -0.141. The van der Waals surface area contributed by atoms with Crippen LogP contribution in [0.2, 0.25) is 0 Å². The summed E-state index contributed by atoms with van der Waals surface area (Å²) in [6, 6.07) is 6.92. The summed E-state index contributed by atoms with van der Waals surface area (Å²) in [7, 11) is 0. The molecule has 2 nitrogen and oxygen atoms in total. The Labute approximate surface area is 89.9 Å². The van der Waals surface area contributed by atoms with Crippen LogP contribution in [0.4, 0.5) is 10.1 Å². The van der Waals surface area contributed by atoms with Crippen LogP contribution in [0.15, 0.2) is 24.3 Å². The predicted molar refractivity (Wildman–Crippen MR) is 60.4 cm³/mol. The van der Waals surface area contributed by atoms with Gasteiger partial charge in [0.05, 0.1) is 5.69 Å². The number of nitrogens with zero attached hydrogens (tertiary/aromatic N) is 1. The Morgan fingerprint density at radius 3 is 2.47 bits per heavy atom. The fourth-order valence-corrected chi connectivity index (χ4v) is 1.97. The van der Waals surface area contributed by atoms with Crippen LogP contribution in [0.3, 0.4) is 0 Å². The van der Waals surface area contributed by atoms with E-state index in [2.05, 4.69) is 11.8 Å². The lowest BCUT2D eigenvalue weighted by Gasteiger charge is -2.38. The number of halogens is 1. The van der Waals surface area contributed by atoms with Crippen molar-refractivity contribution >= 4 is 5.69 Å². The fraction of sp³-hybridized carbons (Fsp3) is 0.500. The maximum atomic E-state index is 13.5. The van der Waals surface area contributed by atoms with Crippen LogP contribution in [0.5, 0.6) is 0 Å². The minimum absolute atomic E-state index is 0.0816. The van der Waals surface area contributed by atoms with E-state index in [1.165, 1.54) is 6.07 Å². The maximum Gasteiger partial charge on any atom is 0.146 e. The van der Waals surface area contributed by atoms with Crippen LogP contribution in [0.1, 0.15) is 19.8 Å². The van der Waals surface area contributed by atoms with E-state index in [1.54, 1.807) is 6.07 Å². The minimum Gasteiger partial charge on any atom is -0.369 e. The molecule has 0 radical (unpaired) electrons. The normalized spacial score (nSPS) is 20.3. The van der Waals surface area contributed by atoms with E-state index < -0.39 is 0 Å². The van der Waals surface area contributed by atoms with Gasteiger partial charge in [-0.05, 0) is 31.9 Å². The van der Waals surface area contributed by atoms with Gasteiger partial charge >= 0.3 is 0 Å². The topological polar surface area (TPSA) is 29.3 Å². The molecule has 1 aliphatic rings.